The van der Waals surface area contributed by atoms with Crippen LogP contribution < -0.4 is 0 Å². The van der Waals surface area contributed by atoms with Crippen LogP contribution in [0.25, 0.3) is 0 Å². The predicted octanol–water partition coefficient (Wildman–Crippen LogP) is 15.4. The molecule has 0 aliphatic carbocycles. The van der Waals surface area contributed by atoms with Gasteiger partial charge in [-0.25, -0.2) is 9.13 Å². The Bertz CT molecular complexity index is 1580. The van der Waals surface area contributed by atoms with E-state index in [9.17, 15) is 43.2 Å². The molecule has 0 aromatic carbocycles. The van der Waals surface area contributed by atoms with Crippen molar-refractivity contribution in [2.45, 2.75) is 292 Å². The van der Waals surface area contributed by atoms with E-state index < -0.39 is 97.5 Å². The predicted molar refractivity (Wildman–Crippen MR) is 307 cm³/mol. The van der Waals surface area contributed by atoms with Gasteiger partial charge in [-0.3, -0.25) is 37.3 Å². The second-order valence-corrected chi connectivity index (χ2v) is 26.0. The molecule has 0 aromatic rings. The van der Waals surface area contributed by atoms with Crippen molar-refractivity contribution in [1.82, 2.24) is 0 Å². The van der Waals surface area contributed by atoms with E-state index in [1.165, 1.54) is 64.2 Å². The van der Waals surface area contributed by atoms with Crippen molar-refractivity contribution < 1.29 is 80.2 Å². The van der Waals surface area contributed by atoms with Crippen LogP contribution in [0.15, 0.2) is 0 Å². The van der Waals surface area contributed by atoms with Crippen LogP contribution in [-0.2, 0) is 65.4 Å². The Kier molecular flexibility index (Phi) is 48.4. The van der Waals surface area contributed by atoms with Gasteiger partial charge >= 0.3 is 39.5 Å². The minimum Gasteiger partial charge on any atom is -0.462 e. The van der Waals surface area contributed by atoms with E-state index in [-0.39, 0.29) is 25.7 Å². The zero-order valence-corrected chi connectivity index (χ0v) is 52.1. The fraction of sp³-hybridized carbons (Fsp3) is 0.932. The van der Waals surface area contributed by atoms with Crippen LogP contribution in [0.3, 0.4) is 0 Å². The van der Waals surface area contributed by atoms with Gasteiger partial charge in [0, 0.05) is 25.7 Å². The number of rotatable bonds is 56. The van der Waals surface area contributed by atoms with E-state index in [0.717, 1.165) is 109 Å². The van der Waals surface area contributed by atoms with Crippen LogP contribution in [0.1, 0.15) is 274 Å². The molecule has 0 aliphatic heterocycles. The van der Waals surface area contributed by atoms with E-state index in [1.807, 2.05) is 0 Å². The first-order chi connectivity index (χ1) is 37.1. The molecule has 3 N–H and O–H groups in total. The Labute approximate surface area is 473 Å². The summed E-state index contributed by atoms with van der Waals surface area (Å²) in [6.07, 6.45) is 27.1. The Morgan fingerprint density at radius 3 is 0.910 bits per heavy atom. The molecule has 6 atom stereocenters. The first-order valence-electron chi connectivity index (χ1n) is 30.7. The fourth-order valence-electron chi connectivity index (χ4n) is 8.51. The smallest absolute Gasteiger partial charge is 0.462 e. The third-order valence-corrected chi connectivity index (χ3v) is 15.6. The van der Waals surface area contributed by atoms with Crippen molar-refractivity contribution in [1.29, 1.82) is 0 Å². The second kappa shape index (κ2) is 49.7. The van der Waals surface area contributed by atoms with Gasteiger partial charge in [-0.15, -0.1) is 0 Å². The molecule has 17 nitrogen and oxygen atoms in total. The largest absolute Gasteiger partial charge is 0.472 e. The van der Waals surface area contributed by atoms with Crippen molar-refractivity contribution >= 4 is 39.5 Å². The van der Waals surface area contributed by atoms with Gasteiger partial charge < -0.3 is 33.8 Å². The highest BCUT2D eigenvalue weighted by atomic mass is 31.2. The lowest BCUT2D eigenvalue weighted by Crippen LogP contribution is -2.30. The number of aliphatic hydroxyl groups is 1. The van der Waals surface area contributed by atoms with Crippen LogP contribution >= 0.6 is 15.6 Å². The van der Waals surface area contributed by atoms with Crippen LogP contribution in [0.4, 0.5) is 0 Å². The fourth-order valence-corrected chi connectivity index (χ4v) is 10.1. The number of ether oxygens (including phenoxy) is 4. The third-order valence-electron chi connectivity index (χ3n) is 13.7. The molecule has 0 aliphatic rings. The molecule has 0 rings (SSSR count). The molecular formula is C59H114O17P2. The standard InChI is InChI=1S/C59H114O17P2/c1-9-52(8)38-30-22-15-18-24-32-40-57(62)70-46-55(76-59(64)42-34-26-17-14-21-29-37-51(6)7)48-74-78(67,68)72-44-53(60)43-71-77(65,66)73-47-54(45-69-56(61)39-31-23-16-13-20-28-36-50(4)5)75-58(63)41-33-25-12-10-11-19-27-35-49(2)3/h49-55,60H,9-48H2,1-8H3,(H,65,66)(H,67,68)/t52?,53-,54+,55+/m0/s1. The highest BCUT2D eigenvalue weighted by Gasteiger charge is 2.30. The number of unbranched alkanes of at least 4 members (excludes halogenated alkanes) is 21. The lowest BCUT2D eigenvalue weighted by Gasteiger charge is -2.21. The molecule has 0 saturated carbocycles. The van der Waals surface area contributed by atoms with Crippen molar-refractivity contribution in [2.75, 3.05) is 39.6 Å². The molecule has 0 aromatic heterocycles. The number of carbonyl (C=O) groups excluding carboxylic acids is 4. The summed E-state index contributed by atoms with van der Waals surface area (Å²) < 4.78 is 67.7. The van der Waals surface area contributed by atoms with Crippen molar-refractivity contribution in [3.8, 4) is 0 Å². The topological polar surface area (TPSA) is 237 Å². The second-order valence-electron chi connectivity index (χ2n) is 23.1. The summed E-state index contributed by atoms with van der Waals surface area (Å²) in [5, 5.41) is 10.5. The van der Waals surface area contributed by atoms with Crippen LogP contribution in [0.5, 0.6) is 0 Å². The first kappa shape index (κ1) is 76.1. The zero-order chi connectivity index (χ0) is 58.3. The maximum atomic E-state index is 12.9. The van der Waals surface area contributed by atoms with Crippen molar-refractivity contribution in [3.05, 3.63) is 0 Å². The van der Waals surface area contributed by atoms with Gasteiger partial charge in [-0.2, -0.15) is 0 Å². The maximum absolute atomic E-state index is 12.9. The summed E-state index contributed by atoms with van der Waals surface area (Å²) in [5.74, 6) is 0.621. The number of phosphoric ester groups is 2. The lowest BCUT2D eigenvalue weighted by molar-refractivity contribution is -0.161. The van der Waals surface area contributed by atoms with Gasteiger partial charge in [-0.05, 0) is 49.4 Å². The summed E-state index contributed by atoms with van der Waals surface area (Å²) in [7, 11) is -9.88. The Morgan fingerprint density at radius 1 is 0.359 bits per heavy atom. The average molecular weight is 1160 g/mol. The summed E-state index contributed by atoms with van der Waals surface area (Å²) in [4.78, 5) is 71.9. The van der Waals surface area contributed by atoms with Gasteiger partial charge in [0.15, 0.2) is 12.2 Å². The molecule has 0 heterocycles. The lowest BCUT2D eigenvalue weighted by atomic mass is 10.00. The molecule has 462 valence electrons. The quantitative estimate of drug-likeness (QED) is 0.0222. The number of carbonyl (C=O) groups is 4. The summed E-state index contributed by atoms with van der Waals surface area (Å²) in [6.45, 7) is 13.8. The Balaban J connectivity index is 5.25. The van der Waals surface area contributed by atoms with Crippen LogP contribution in [0, 0.1) is 23.7 Å². The van der Waals surface area contributed by atoms with E-state index in [4.69, 9.17) is 37.0 Å². The molecule has 0 bridgehead atoms. The molecular weight excluding hydrogens is 1040 g/mol. The number of aliphatic hydroxyl groups excluding tert-OH is 1. The Morgan fingerprint density at radius 2 is 0.615 bits per heavy atom. The van der Waals surface area contributed by atoms with Crippen LogP contribution in [0.2, 0.25) is 0 Å². The SMILES string of the molecule is CCC(C)CCCCCCCCC(=O)OC[C@H](COP(=O)(O)OC[C@@H](O)COP(=O)(O)OC[C@@H](COC(=O)CCCCCCCCC(C)C)OC(=O)CCCCCCCCCC(C)C)OC(=O)CCCCCCCCC(C)C. The van der Waals surface area contributed by atoms with E-state index in [2.05, 4.69) is 55.4 Å². The summed E-state index contributed by atoms with van der Waals surface area (Å²) in [6, 6.07) is 0. The minimum absolute atomic E-state index is 0.100. The average Bonchev–Trinajstić information content (AvgIpc) is 3.38. The number of phosphoric acid groups is 2. The molecule has 0 spiro atoms. The van der Waals surface area contributed by atoms with Gasteiger partial charge in [0.1, 0.15) is 19.3 Å². The van der Waals surface area contributed by atoms with E-state index in [1.54, 1.807) is 0 Å². The molecule has 19 heteroatoms. The highest BCUT2D eigenvalue weighted by Crippen LogP contribution is 2.45. The summed E-state index contributed by atoms with van der Waals surface area (Å²) >= 11 is 0. The van der Waals surface area contributed by atoms with Gasteiger partial charge in [0.2, 0.25) is 0 Å². The van der Waals surface area contributed by atoms with Crippen molar-refractivity contribution in [3.63, 3.8) is 0 Å². The molecule has 3 unspecified atom stereocenters. The monoisotopic (exact) mass is 1160 g/mol. The third kappa shape index (κ3) is 52.2. The van der Waals surface area contributed by atoms with Crippen LogP contribution in [-0.4, -0.2) is 96.7 Å². The number of esters is 4. The highest BCUT2D eigenvalue weighted by molar-refractivity contribution is 7.47. The molecule has 0 saturated heterocycles. The molecule has 0 fully saturated rings. The number of hydrogen-bond donors (Lipinski definition) is 3. The van der Waals surface area contributed by atoms with Crippen molar-refractivity contribution in [2.24, 2.45) is 23.7 Å². The zero-order valence-electron chi connectivity index (χ0n) is 50.3. The van der Waals surface area contributed by atoms with Gasteiger partial charge in [0.05, 0.1) is 26.4 Å². The summed E-state index contributed by atoms with van der Waals surface area (Å²) in [5.41, 5.74) is 0. The normalized spacial score (nSPS) is 14.9. The molecule has 0 radical (unpaired) electrons. The van der Waals surface area contributed by atoms with Gasteiger partial charge in [-0.1, -0.05) is 222 Å². The Hall–Kier alpha value is -1.94. The molecule has 78 heavy (non-hydrogen) atoms. The number of hydrogen-bond acceptors (Lipinski definition) is 15. The first-order valence-corrected chi connectivity index (χ1v) is 33.7. The maximum Gasteiger partial charge on any atom is 0.472 e. The van der Waals surface area contributed by atoms with Gasteiger partial charge in [0.25, 0.3) is 0 Å². The van der Waals surface area contributed by atoms with E-state index in [0.29, 0.717) is 43.4 Å². The van der Waals surface area contributed by atoms with E-state index >= 15 is 0 Å². The molecule has 0 amide bonds. The minimum atomic E-state index is -4.94.